The number of sulfonamides is 1. The van der Waals surface area contributed by atoms with Crippen molar-refractivity contribution >= 4 is 21.6 Å². The van der Waals surface area contributed by atoms with Gasteiger partial charge in [-0.1, -0.05) is 48.0 Å². The van der Waals surface area contributed by atoms with E-state index in [1.54, 1.807) is 31.2 Å². The number of aryl methyl sites for hydroxylation is 3. The number of amides is 1. The summed E-state index contributed by atoms with van der Waals surface area (Å²) in [7, 11) is -3.82. The van der Waals surface area contributed by atoms with Crippen LogP contribution in [0.25, 0.3) is 0 Å². The Hall–Kier alpha value is -3.12. The van der Waals surface area contributed by atoms with Crippen molar-refractivity contribution in [1.82, 2.24) is 5.32 Å². The maximum Gasteiger partial charge on any atom is 0.262 e. The van der Waals surface area contributed by atoms with Crippen molar-refractivity contribution in [3.63, 3.8) is 0 Å². The van der Waals surface area contributed by atoms with Gasteiger partial charge in [-0.15, -0.1) is 0 Å². The molecule has 160 valence electrons. The lowest BCUT2D eigenvalue weighted by Gasteiger charge is -2.26. The molecule has 0 radical (unpaired) electrons. The molecule has 0 heterocycles. The molecule has 0 aliphatic heterocycles. The SMILES string of the molecule is Cc1ccc(NS(=O)(=O)c2cc(C(=O)NC3CCCc4ccccc43)ccc2C)cc1. The predicted octanol–water partition coefficient (Wildman–Crippen LogP) is 4.91. The molecule has 1 atom stereocenters. The summed E-state index contributed by atoms with van der Waals surface area (Å²) in [6, 6.07) is 20.0. The largest absolute Gasteiger partial charge is 0.345 e. The van der Waals surface area contributed by atoms with Crippen LogP contribution in [0, 0.1) is 13.8 Å². The van der Waals surface area contributed by atoms with E-state index in [9.17, 15) is 13.2 Å². The summed E-state index contributed by atoms with van der Waals surface area (Å²) in [6.07, 6.45) is 2.89. The van der Waals surface area contributed by atoms with Crippen molar-refractivity contribution in [3.8, 4) is 0 Å². The van der Waals surface area contributed by atoms with Crippen LogP contribution in [-0.4, -0.2) is 14.3 Å². The van der Waals surface area contributed by atoms with E-state index < -0.39 is 10.0 Å². The molecule has 0 spiro atoms. The van der Waals surface area contributed by atoms with E-state index >= 15 is 0 Å². The van der Waals surface area contributed by atoms with Crippen molar-refractivity contribution in [2.75, 3.05) is 4.72 Å². The number of carbonyl (C=O) groups is 1. The molecule has 1 unspecified atom stereocenters. The number of fused-ring (bicyclic) bond motifs is 1. The molecule has 1 amide bonds. The topological polar surface area (TPSA) is 75.3 Å². The summed E-state index contributed by atoms with van der Waals surface area (Å²) in [5.74, 6) is -0.270. The van der Waals surface area contributed by atoms with Crippen LogP contribution in [0.3, 0.4) is 0 Å². The zero-order valence-corrected chi connectivity index (χ0v) is 18.5. The van der Waals surface area contributed by atoms with Crippen LogP contribution in [0.2, 0.25) is 0 Å². The first-order valence-corrected chi connectivity index (χ1v) is 11.9. The Balaban J connectivity index is 1.57. The van der Waals surface area contributed by atoms with E-state index in [4.69, 9.17) is 0 Å². The summed E-state index contributed by atoms with van der Waals surface area (Å²) in [5, 5.41) is 3.09. The lowest BCUT2D eigenvalue weighted by molar-refractivity contribution is 0.0932. The molecule has 0 fully saturated rings. The lowest BCUT2D eigenvalue weighted by atomic mass is 9.87. The molecule has 0 bridgehead atoms. The molecule has 1 aliphatic rings. The third-order valence-corrected chi connectivity index (χ3v) is 7.24. The Morgan fingerprint density at radius 2 is 1.71 bits per heavy atom. The molecule has 2 N–H and O–H groups in total. The quantitative estimate of drug-likeness (QED) is 0.599. The highest BCUT2D eigenvalue weighted by atomic mass is 32.2. The van der Waals surface area contributed by atoms with Gasteiger partial charge in [0.15, 0.2) is 0 Å². The van der Waals surface area contributed by atoms with Crippen molar-refractivity contribution in [2.24, 2.45) is 0 Å². The minimum Gasteiger partial charge on any atom is -0.345 e. The maximum absolute atomic E-state index is 13.0. The van der Waals surface area contributed by atoms with E-state index in [0.29, 0.717) is 16.8 Å². The average molecular weight is 435 g/mol. The molecule has 4 rings (SSSR count). The molecule has 1 aliphatic carbocycles. The maximum atomic E-state index is 13.0. The van der Waals surface area contributed by atoms with Crippen LogP contribution >= 0.6 is 0 Å². The van der Waals surface area contributed by atoms with Gasteiger partial charge in [-0.2, -0.15) is 0 Å². The smallest absolute Gasteiger partial charge is 0.262 e. The van der Waals surface area contributed by atoms with Crippen molar-refractivity contribution in [3.05, 3.63) is 94.5 Å². The number of hydrogen-bond acceptors (Lipinski definition) is 3. The summed E-state index contributed by atoms with van der Waals surface area (Å²) >= 11 is 0. The van der Waals surface area contributed by atoms with Crippen LogP contribution in [0.15, 0.2) is 71.6 Å². The number of nitrogens with one attached hydrogen (secondary N) is 2. The van der Waals surface area contributed by atoms with Gasteiger partial charge in [0.05, 0.1) is 10.9 Å². The lowest BCUT2D eigenvalue weighted by Crippen LogP contribution is -2.31. The van der Waals surface area contributed by atoms with Crippen LogP contribution in [0.1, 0.15) is 51.5 Å². The predicted molar refractivity (Wildman–Crippen MR) is 123 cm³/mol. The van der Waals surface area contributed by atoms with E-state index in [1.807, 2.05) is 31.2 Å². The van der Waals surface area contributed by atoms with Crippen molar-refractivity contribution in [1.29, 1.82) is 0 Å². The molecule has 6 heteroatoms. The molecule has 3 aromatic rings. The van der Waals surface area contributed by atoms with Gasteiger partial charge in [0, 0.05) is 11.3 Å². The first kappa shape index (κ1) is 21.1. The molecule has 0 aromatic heterocycles. The van der Waals surface area contributed by atoms with Gasteiger partial charge in [0.25, 0.3) is 15.9 Å². The van der Waals surface area contributed by atoms with Gasteiger partial charge in [0.1, 0.15) is 0 Å². The van der Waals surface area contributed by atoms with Crippen LogP contribution in [-0.2, 0) is 16.4 Å². The van der Waals surface area contributed by atoms with E-state index in [2.05, 4.69) is 22.2 Å². The van der Waals surface area contributed by atoms with Crippen LogP contribution in [0.4, 0.5) is 5.69 Å². The second-order valence-electron chi connectivity index (χ2n) is 8.07. The summed E-state index contributed by atoms with van der Waals surface area (Å²) in [6.45, 7) is 3.66. The van der Waals surface area contributed by atoms with Crippen LogP contribution < -0.4 is 10.0 Å². The fraction of sp³-hybridized carbons (Fsp3) is 0.240. The third kappa shape index (κ3) is 4.64. The Morgan fingerprint density at radius 3 is 2.48 bits per heavy atom. The molecular formula is C25H26N2O3S. The Labute approximate surface area is 183 Å². The zero-order valence-electron chi connectivity index (χ0n) is 17.7. The minimum atomic E-state index is -3.82. The Morgan fingerprint density at radius 1 is 0.968 bits per heavy atom. The molecule has 31 heavy (non-hydrogen) atoms. The fourth-order valence-corrected chi connectivity index (χ4v) is 5.34. The number of carbonyl (C=O) groups excluding carboxylic acids is 1. The van der Waals surface area contributed by atoms with Gasteiger partial charge < -0.3 is 5.32 Å². The van der Waals surface area contributed by atoms with Gasteiger partial charge >= 0.3 is 0 Å². The van der Waals surface area contributed by atoms with E-state index in [1.165, 1.54) is 11.6 Å². The van der Waals surface area contributed by atoms with Crippen molar-refractivity contribution < 1.29 is 13.2 Å². The highest BCUT2D eigenvalue weighted by Gasteiger charge is 2.24. The molecule has 5 nitrogen and oxygen atoms in total. The Bertz CT molecular complexity index is 1220. The third-order valence-electron chi connectivity index (χ3n) is 5.72. The second kappa shape index (κ2) is 8.55. The van der Waals surface area contributed by atoms with Gasteiger partial charge in [0.2, 0.25) is 0 Å². The normalized spacial score (nSPS) is 15.7. The van der Waals surface area contributed by atoms with Gasteiger partial charge in [-0.3, -0.25) is 9.52 Å². The van der Waals surface area contributed by atoms with Crippen LogP contribution in [0.5, 0.6) is 0 Å². The second-order valence-corrected chi connectivity index (χ2v) is 9.72. The zero-order chi connectivity index (χ0) is 22.0. The van der Waals surface area contributed by atoms with Gasteiger partial charge in [-0.05, 0) is 74.1 Å². The number of hydrogen-bond donors (Lipinski definition) is 2. The van der Waals surface area contributed by atoms with Crippen molar-refractivity contribution in [2.45, 2.75) is 44.0 Å². The first-order chi connectivity index (χ1) is 14.8. The number of rotatable bonds is 5. The van der Waals surface area contributed by atoms with E-state index in [-0.39, 0.29) is 16.8 Å². The minimum absolute atomic E-state index is 0.0653. The standard InChI is InChI=1S/C25H26N2O3S/c1-17-10-14-21(15-11-17)27-31(29,30)24-16-20(13-12-18(24)2)25(28)26-23-9-5-7-19-6-3-4-8-22(19)23/h3-4,6,8,10-16,23,27H,5,7,9H2,1-2H3,(H,26,28). The van der Waals surface area contributed by atoms with Gasteiger partial charge in [-0.25, -0.2) is 8.42 Å². The molecule has 0 saturated carbocycles. The summed E-state index contributed by atoms with van der Waals surface area (Å²) in [4.78, 5) is 13.1. The summed E-state index contributed by atoms with van der Waals surface area (Å²) in [5.41, 5.74) is 4.84. The molecule has 3 aromatic carbocycles. The summed E-state index contributed by atoms with van der Waals surface area (Å²) < 4.78 is 28.6. The Kier molecular flexibility index (Phi) is 5.83. The first-order valence-electron chi connectivity index (χ1n) is 10.4. The fourth-order valence-electron chi connectivity index (χ4n) is 4.01. The molecular weight excluding hydrogens is 408 g/mol. The number of benzene rings is 3. The van der Waals surface area contributed by atoms with E-state index in [0.717, 1.165) is 30.4 Å². The number of anilines is 1. The average Bonchev–Trinajstić information content (AvgIpc) is 2.75. The molecule has 0 saturated heterocycles. The monoisotopic (exact) mass is 434 g/mol. The highest BCUT2D eigenvalue weighted by Crippen LogP contribution is 2.30. The highest BCUT2D eigenvalue weighted by molar-refractivity contribution is 7.92.